The Morgan fingerprint density at radius 2 is 1.93 bits per heavy atom. The molecule has 0 aliphatic heterocycles. The fourth-order valence-corrected chi connectivity index (χ4v) is 1.51. The molecule has 1 aliphatic rings. The maximum absolute atomic E-state index is 5.91. The van der Waals surface area contributed by atoms with E-state index < -0.39 is 0 Å². The molecular formula is C12H16N2. The number of rotatable bonds is 2. The summed E-state index contributed by atoms with van der Waals surface area (Å²) in [5.74, 6) is 0.690. The van der Waals surface area contributed by atoms with E-state index in [1.807, 2.05) is 12.1 Å². The van der Waals surface area contributed by atoms with Crippen molar-refractivity contribution in [2.75, 3.05) is 0 Å². The molecule has 74 valence electrons. The van der Waals surface area contributed by atoms with Crippen LogP contribution in [0.2, 0.25) is 0 Å². The molecule has 2 rings (SSSR count). The molecule has 2 nitrogen and oxygen atoms in total. The van der Waals surface area contributed by atoms with Crippen LogP contribution >= 0.6 is 0 Å². The summed E-state index contributed by atoms with van der Waals surface area (Å²) < 4.78 is 0. The molecule has 0 atom stereocenters. The summed E-state index contributed by atoms with van der Waals surface area (Å²) in [5.41, 5.74) is 8.20. The molecule has 0 saturated heterocycles. The normalized spacial score (nSPS) is 17.9. The summed E-state index contributed by atoms with van der Waals surface area (Å²) in [7, 11) is 0. The molecule has 0 radical (unpaired) electrons. The van der Waals surface area contributed by atoms with Gasteiger partial charge in [0.1, 0.15) is 5.84 Å². The molecule has 2 N–H and O–H groups in total. The zero-order valence-electron chi connectivity index (χ0n) is 8.53. The van der Waals surface area contributed by atoms with Crippen LogP contribution in [0.3, 0.4) is 0 Å². The first-order valence-electron chi connectivity index (χ1n) is 5.16. The van der Waals surface area contributed by atoms with Gasteiger partial charge in [0, 0.05) is 5.56 Å². The van der Waals surface area contributed by atoms with Gasteiger partial charge in [0.05, 0.1) is 6.04 Å². The van der Waals surface area contributed by atoms with Crippen molar-refractivity contribution in [2.45, 2.75) is 32.2 Å². The molecule has 0 aromatic heterocycles. The molecule has 14 heavy (non-hydrogen) atoms. The van der Waals surface area contributed by atoms with Crippen molar-refractivity contribution < 1.29 is 0 Å². The van der Waals surface area contributed by atoms with Crippen molar-refractivity contribution in [3.05, 3.63) is 35.4 Å². The van der Waals surface area contributed by atoms with Gasteiger partial charge in [-0.15, -0.1) is 0 Å². The molecule has 1 aromatic rings. The second kappa shape index (κ2) is 3.82. The van der Waals surface area contributed by atoms with Crippen LogP contribution in [0.1, 0.15) is 30.4 Å². The van der Waals surface area contributed by atoms with E-state index in [0.29, 0.717) is 11.9 Å². The zero-order valence-corrected chi connectivity index (χ0v) is 8.53. The summed E-state index contributed by atoms with van der Waals surface area (Å²) in [6, 6.07) is 8.69. The minimum Gasteiger partial charge on any atom is -0.383 e. The molecular weight excluding hydrogens is 172 g/mol. The maximum atomic E-state index is 5.91. The number of benzene rings is 1. The first-order valence-corrected chi connectivity index (χ1v) is 5.16. The van der Waals surface area contributed by atoms with Crippen molar-refractivity contribution in [1.29, 1.82) is 0 Å². The van der Waals surface area contributed by atoms with Gasteiger partial charge >= 0.3 is 0 Å². The quantitative estimate of drug-likeness (QED) is 0.561. The highest BCUT2D eigenvalue weighted by Gasteiger charge is 2.16. The second-order valence-electron chi connectivity index (χ2n) is 3.97. The van der Waals surface area contributed by atoms with Gasteiger partial charge in [0.2, 0.25) is 0 Å². The lowest BCUT2D eigenvalue weighted by Crippen LogP contribution is -2.22. The number of nitrogens with zero attached hydrogens (tertiary/aromatic N) is 1. The third kappa shape index (κ3) is 1.95. The van der Waals surface area contributed by atoms with E-state index >= 15 is 0 Å². The van der Waals surface area contributed by atoms with Crippen LogP contribution in [-0.4, -0.2) is 11.9 Å². The summed E-state index contributed by atoms with van der Waals surface area (Å²) >= 11 is 0. The third-order valence-electron chi connectivity index (χ3n) is 2.74. The monoisotopic (exact) mass is 188 g/mol. The largest absolute Gasteiger partial charge is 0.383 e. The van der Waals surface area contributed by atoms with Crippen molar-refractivity contribution >= 4 is 5.84 Å². The van der Waals surface area contributed by atoms with Gasteiger partial charge in [-0.05, 0) is 26.2 Å². The number of aliphatic imine (C=N–C) groups is 1. The van der Waals surface area contributed by atoms with E-state index in [0.717, 1.165) is 5.56 Å². The highest BCUT2D eigenvalue weighted by molar-refractivity contribution is 5.97. The van der Waals surface area contributed by atoms with Crippen LogP contribution in [0.15, 0.2) is 29.3 Å². The van der Waals surface area contributed by atoms with Crippen LogP contribution in [0.25, 0.3) is 0 Å². The molecule has 2 heteroatoms. The van der Waals surface area contributed by atoms with E-state index in [-0.39, 0.29) is 0 Å². The molecule has 1 aliphatic carbocycles. The number of nitrogens with two attached hydrogens (primary N) is 1. The minimum atomic E-state index is 0.483. The van der Waals surface area contributed by atoms with Crippen molar-refractivity contribution in [1.82, 2.24) is 0 Å². The molecule has 1 saturated carbocycles. The zero-order chi connectivity index (χ0) is 9.97. The van der Waals surface area contributed by atoms with Crippen LogP contribution in [0.4, 0.5) is 0 Å². The Bertz CT molecular complexity index is 334. The van der Waals surface area contributed by atoms with E-state index in [1.165, 1.54) is 24.8 Å². The Hall–Kier alpha value is -1.31. The predicted molar refractivity (Wildman–Crippen MR) is 59.5 cm³/mol. The molecule has 0 bridgehead atoms. The fraction of sp³-hybridized carbons (Fsp3) is 0.417. The van der Waals surface area contributed by atoms with Gasteiger partial charge in [0.15, 0.2) is 0 Å². The average molecular weight is 188 g/mol. The molecule has 0 spiro atoms. The molecule has 1 aromatic carbocycles. The Labute approximate surface area is 84.9 Å². The SMILES string of the molecule is Cc1ccc(C(N)=NC2CCC2)cc1. The van der Waals surface area contributed by atoms with Crippen molar-refractivity contribution in [3.8, 4) is 0 Å². The van der Waals surface area contributed by atoms with Crippen molar-refractivity contribution in [2.24, 2.45) is 10.7 Å². The standard InChI is InChI=1S/C12H16N2/c1-9-5-7-10(8-6-9)12(13)14-11-3-2-4-11/h5-8,11H,2-4H2,1H3,(H2,13,14). The molecule has 0 amide bonds. The topological polar surface area (TPSA) is 38.4 Å². The lowest BCUT2D eigenvalue weighted by atomic mass is 9.94. The van der Waals surface area contributed by atoms with Gasteiger partial charge < -0.3 is 5.73 Å². The summed E-state index contributed by atoms with van der Waals surface area (Å²) in [4.78, 5) is 4.48. The number of aryl methyl sites for hydroxylation is 1. The number of amidine groups is 1. The maximum Gasteiger partial charge on any atom is 0.125 e. The minimum absolute atomic E-state index is 0.483. The smallest absolute Gasteiger partial charge is 0.125 e. The average Bonchev–Trinajstić information content (AvgIpc) is 2.12. The third-order valence-corrected chi connectivity index (χ3v) is 2.74. The lowest BCUT2D eigenvalue weighted by Gasteiger charge is -2.21. The summed E-state index contributed by atoms with van der Waals surface area (Å²) in [6.45, 7) is 2.07. The Balaban J connectivity index is 2.13. The van der Waals surface area contributed by atoms with Crippen molar-refractivity contribution in [3.63, 3.8) is 0 Å². The van der Waals surface area contributed by atoms with Gasteiger partial charge in [-0.3, -0.25) is 4.99 Å². The van der Waals surface area contributed by atoms with E-state index in [2.05, 4.69) is 24.0 Å². The highest BCUT2D eigenvalue weighted by Crippen LogP contribution is 2.22. The first-order chi connectivity index (χ1) is 6.75. The Kier molecular flexibility index (Phi) is 2.53. The summed E-state index contributed by atoms with van der Waals surface area (Å²) in [6.07, 6.45) is 3.70. The van der Waals surface area contributed by atoms with Gasteiger partial charge in [-0.25, -0.2) is 0 Å². The fourth-order valence-electron chi connectivity index (χ4n) is 1.51. The van der Waals surface area contributed by atoms with Crippen LogP contribution in [0.5, 0.6) is 0 Å². The Morgan fingerprint density at radius 3 is 2.43 bits per heavy atom. The van der Waals surface area contributed by atoms with Crippen LogP contribution < -0.4 is 5.73 Å². The van der Waals surface area contributed by atoms with Crippen LogP contribution in [-0.2, 0) is 0 Å². The predicted octanol–water partition coefficient (Wildman–Crippen LogP) is 2.25. The molecule has 0 heterocycles. The van der Waals surface area contributed by atoms with E-state index in [4.69, 9.17) is 5.73 Å². The summed E-state index contributed by atoms with van der Waals surface area (Å²) in [5, 5.41) is 0. The van der Waals surface area contributed by atoms with Crippen LogP contribution in [0, 0.1) is 6.92 Å². The Morgan fingerprint density at radius 1 is 1.29 bits per heavy atom. The molecule has 1 fully saturated rings. The van der Waals surface area contributed by atoms with Gasteiger partial charge in [-0.2, -0.15) is 0 Å². The van der Waals surface area contributed by atoms with Gasteiger partial charge in [0.25, 0.3) is 0 Å². The number of hydrogen-bond acceptors (Lipinski definition) is 1. The first kappa shape index (κ1) is 9.25. The lowest BCUT2D eigenvalue weighted by molar-refractivity contribution is 0.420. The van der Waals surface area contributed by atoms with Gasteiger partial charge in [-0.1, -0.05) is 29.8 Å². The second-order valence-corrected chi connectivity index (χ2v) is 3.97. The highest BCUT2D eigenvalue weighted by atomic mass is 14.9. The number of hydrogen-bond donors (Lipinski definition) is 1. The molecule has 0 unspecified atom stereocenters. The van der Waals surface area contributed by atoms with E-state index in [9.17, 15) is 0 Å². The van der Waals surface area contributed by atoms with E-state index in [1.54, 1.807) is 0 Å².